The average molecular weight is 361 g/mol. The number of methoxy groups -OCH3 is 1. The number of nitrogens with one attached hydrogen (secondary N) is 1. The first-order valence-electron chi connectivity index (χ1n) is 9.73. The molecule has 0 aliphatic carbocycles. The minimum atomic E-state index is 0.113. The van der Waals surface area contributed by atoms with Crippen LogP contribution < -0.4 is 10.2 Å². The lowest BCUT2D eigenvalue weighted by atomic mass is 9.93. The maximum Gasteiger partial charge on any atom is 0.224 e. The summed E-state index contributed by atoms with van der Waals surface area (Å²) in [7, 11) is 1.66. The Labute approximate surface area is 156 Å². The van der Waals surface area contributed by atoms with Gasteiger partial charge in [0.2, 0.25) is 5.91 Å². The Kier molecular flexibility index (Phi) is 6.80. The van der Waals surface area contributed by atoms with E-state index in [0.717, 1.165) is 63.4 Å². The van der Waals surface area contributed by atoms with Gasteiger partial charge in [0.1, 0.15) is 0 Å². The van der Waals surface area contributed by atoms with E-state index in [2.05, 4.69) is 31.4 Å². The largest absolute Gasteiger partial charge is 0.383 e. The van der Waals surface area contributed by atoms with Crippen molar-refractivity contribution >= 4 is 11.7 Å². The average Bonchev–Trinajstić information content (AvgIpc) is 2.69. The second kappa shape index (κ2) is 9.28. The second-order valence-corrected chi connectivity index (χ2v) is 7.37. The van der Waals surface area contributed by atoms with Crippen molar-refractivity contribution < 1.29 is 9.53 Å². The van der Waals surface area contributed by atoms with Gasteiger partial charge in [-0.25, -0.2) is 0 Å². The highest BCUT2D eigenvalue weighted by atomic mass is 16.5. The maximum absolute atomic E-state index is 12.3. The van der Waals surface area contributed by atoms with Crippen molar-refractivity contribution in [2.24, 2.45) is 5.92 Å². The van der Waals surface area contributed by atoms with E-state index < -0.39 is 0 Å². The molecule has 0 radical (unpaired) electrons. The molecular weight excluding hydrogens is 330 g/mol. The van der Waals surface area contributed by atoms with Gasteiger partial charge in [-0.15, -0.1) is 5.10 Å². The number of amides is 1. The molecule has 1 N–H and O–H groups in total. The van der Waals surface area contributed by atoms with Crippen LogP contribution >= 0.6 is 0 Å². The van der Waals surface area contributed by atoms with Gasteiger partial charge < -0.3 is 15.0 Å². The van der Waals surface area contributed by atoms with Crippen molar-refractivity contribution in [2.45, 2.75) is 38.6 Å². The topological polar surface area (TPSA) is 70.6 Å². The number of likely N-dealkylation sites (tertiary alicyclic amines) is 1. The molecule has 3 heterocycles. The molecule has 1 amide bonds. The number of aromatic nitrogens is 2. The molecule has 0 unspecified atom stereocenters. The fraction of sp³-hybridized carbons (Fsp3) is 0.737. The molecule has 0 bridgehead atoms. The van der Waals surface area contributed by atoms with E-state index >= 15 is 0 Å². The highest BCUT2D eigenvalue weighted by Crippen LogP contribution is 2.25. The van der Waals surface area contributed by atoms with Gasteiger partial charge in [0, 0.05) is 39.3 Å². The number of carbonyl (C=O) groups excluding carboxylic acids is 1. The van der Waals surface area contributed by atoms with Crippen LogP contribution in [0.5, 0.6) is 0 Å². The Balaban J connectivity index is 1.47. The SMILES string of the molecule is COCCNC(=O)[C@@H]1CCCN(C2CCN(c3ccc(C)nn3)CC2)C1. The normalized spacial score (nSPS) is 22.4. The lowest BCUT2D eigenvalue weighted by molar-refractivity contribution is -0.127. The minimum Gasteiger partial charge on any atom is -0.383 e. The first-order chi connectivity index (χ1) is 12.7. The van der Waals surface area contributed by atoms with E-state index in [9.17, 15) is 4.79 Å². The van der Waals surface area contributed by atoms with Gasteiger partial charge in [0.05, 0.1) is 18.2 Å². The molecule has 7 nitrogen and oxygen atoms in total. The van der Waals surface area contributed by atoms with Gasteiger partial charge in [0.25, 0.3) is 0 Å². The molecule has 144 valence electrons. The van der Waals surface area contributed by atoms with E-state index in [1.54, 1.807) is 7.11 Å². The van der Waals surface area contributed by atoms with Crippen molar-refractivity contribution in [1.29, 1.82) is 0 Å². The van der Waals surface area contributed by atoms with E-state index in [1.807, 2.05) is 13.0 Å². The van der Waals surface area contributed by atoms with Crippen LogP contribution in [-0.2, 0) is 9.53 Å². The monoisotopic (exact) mass is 361 g/mol. The molecule has 0 saturated carbocycles. The highest BCUT2D eigenvalue weighted by molar-refractivity contribution is 5.78. The summed E-state index contributed by atoms with van der Waals surface area (Å²) in [4.78, 5) is 17.2. The number of piperidine rings is 2. The van der Waals surface area contributed by atoms with Gasteiger partial charge in [-0.05, 0) is 51.3 Å². The predicted octanol–water partition coefficient (Wildman–Crippen LogP) is 1.23. The molecule has 2 fully saturated rings. The predicted molar refractivity (Wildman–Crippen MR) is 101 cm³/mol. The van der Waals surface area contributed by atoms with Crippen LogP contribution in [0.4, 0.5) is 5.82 Å². The number of rotatable bonds is 6. The Hall–Kier alpha value is -1.73. The Morgan fingerprint density at radius 3 is 2.73 bits per heavy atom. The molecule has 2 aliphatic rings. The Morgan fingerprint density at radius 1 is 1.23 bits per heavy atom. The molecule has 0 spiro atoms. The third kappa shape index (κ3) is 4.92. The first kappa shape index (κ1) is 19.0. The van der Waals surface area contributed by atoms with Crippen LogP contribution in [-0.4, -0.2) is 73.5 Å². The van der Waals surface area contributed by atoms with Crippen molar-refractivity contribution in [2.75, 3.05) is 51.3 Å². The summed E-state index contributed by atoms with van der Waals surface area (Å²) in [5, 5.41) is 11.5. The summed E-state index contributed by atoms with van der Waals surface area (Å²) in [5.74, 6) is 1.27. The maximum atomic E-state index is 12.3. The Morgan fingerprint density at radius 2 is 2.04 bits per heavy atom. The number of anilines is 1. The number of ether oxygens (including phenoxy) is 1. The fourth-order valence-electron chi connectivity index (χ4n) is 3.99. The number of nitrogens with zero attached hydrogens (tertiary/aromatic N) is 4. The zero-order valence-electron chi connectivity index (χ0n) is 16.0. The molecule has 7 heteroatoms. The lowest BCUT2D eigenvalue weighted by Crippen LogP contribution is -2.51. The summed E-state index contributed by atoms with van der Waals surface area (Å²) < 4.78 is 5.01. The molecule has 1 aromatic rings. The number of aryl methyl sites for hydroxylation is 1. The first-order valence-corrected chi connectivity index (χ1v) is 9.73. The molecule has 2 aliphatic heterocycles. The molecule has 2 saturated heterocycles. The van der Waals surface area contributed by atoms with Crippen LogP contribution in [0.2, 0.25) is 0 Å². The molecule has 3 rings (SSSR count). The second-order valence-electron chi connectivity index (χ2n) is 7.37. The van der Waals surface area contributed by atoms with Crippen LogP contribution in [0.25, 0.3) is 0 Å². The summed E-state index contributed by atoms with van der Waals surface area (Å²) >= 11 is 0. The van der Waals surface area contributed by atoms with Crippen LogP contribution in [0, 0.1) is 12.8 Å². The fourth-order valence-corrected chi connectivity index (χ4v) is 3.99. The van der Waals surface area contributed by atoms with Crippen molar-refractivity contribution in [3.05, 3.63) is 17.8 Å². The van der Waals surface area contributed by atoms with Gasteiger partial charge >= 0.3 is 0 Å². The smallest absolute Gasteiger partial charge is 0.224 e. The molecule has 26 heavy (non-hydrogen) atoms. The number of carbonyl (C=O) groups is 1. The quantitative estimate of drug-likeness (QED) is 0.769. The standard InChI is InChI=1S/C19H31N5O2/c1-15-5-6-18(22-21-15)23-11-7-17(8-12-23)24-10-3-4-16(14-24)19(25)20-9-13-26-2/h5-6,16-17H,3-4,7-14H2,1-2H3,(H,20,25)/t16-/m1/s1. The Bertz CT molecular complexity index is 572. The zero-order valence-corrected chi connectivity index (χ0v) is 16.0. The van der Waals surface area contributed by atoms with E-state index in [0.29, 0.717) is 19.2 Å². The van der Waals surface area contributed by atoms with Crippen molar-refractivity contribution in [1.82, 2.24) is 20.4 Å². The van der Waals surface area contributed by atoms with E-state index in [4.69, 9.17) is 4.74 Å². The van der Waals surface area contributed by atoms with Crippen LogP contribution in [0.1, 0.15) is 31.4 Å². The summed E-state index contributed by atoms with van der Waals surface area (Å²) in [5.41, 5.74) is 0.951. The van der Waals surface area contributed by atoms with Crippen molar-refractivity contribution in [3.63, 3.8) is 0 Å². The third-order valence-corrected chi connectivity index (χ3v) is 5.52. The van der Waals surface area contributed by atoms with E-state index in [-0.39, 0.29) is 11.8 Å². The summed E-state index contributed by atoms with van der Waals surface area (Å²) in [6, 6.07) is 4.65. The molecule has 1 atom stereocenters. The minimum absolute atomic E-state index is 0.113. The van der Waals surface area contributed by atoms with Gasteiger partial charge in [-0.3, -0.25) is 9.69 Å². The molecule has 0 aromatic carbocycles. The third-order valence-electron chi connectivity index (χ3n) is 5.52. The molecule has 1 aromatic heterocycles. The van der Waals surface area contributed by atoms with Crippen LogP contribution in [0.15, 0.2) is 12.1 Å². The van der Waals surface area contributed by atoms with Gasteiger partial charge in [-0.2, -0.15) is 5.10 Å². The highest BCUT2D eigenvalue weighted by Gasteiger charge is 2.31. The summed E-state index contributed by atoms with van der Waals surface area (Å²) in [6.07, 6.45) is 4.33. The summed E-state index contributed by atoms with van der Waals surface area (Å²) in [6.45, 7) is 7.13. The zero-order chi connectivity index (χ0) is 18.4. The number of hydrogen-bond donors (Lipinski definition) is 1. The molecular formula is C19H31N5O2. The number of hydrogen-bond acceptors (Lipinski definition) is 6. The van der Waals surface area contributed by atoms with Crippen molar-refractivity contribution in [3.8, 4) is 0 Å². The van der Waals surface area contributed by atoms with Crippen LogP contribution in [0.3, 0.4) is 0 Å². The van der Waals surface area contributed by atoms with Gasteiger partial charge in [0.15, 0.2) is 5.82 Å². The van der Waals surface area contributed by atoms with Gasteiger partial charge in [-0.1, -0.05) is 0 Å². The lowest BCUT2D eigenvalue weighted by Gasteiger charge is -2.42. The van der Waals surface area contributed by atoms with E-state index in [1.165, 1.54) is 0 Å².